The molecule has 1 aliphatic carbocycles. The number of hydrogen-bond donors (Lipinski definition) is 2. The molecule has 0 aromatic heterocycles. The van der Waals surface area contributed by atoms with E-state index in [1.54, 1.807) is 0 Å². The summed E-state index contributed by atoms with van der Waals surface area (Å²) < 4.78 is 10.6. The minimum Gasteiger partial charge on any atom is -0.444 e. The molecule has 6 nitrogen and oxygen atoms in total. The SMILES string of the molecule is CC(C)(C)OC(=O)NC1CC(NCCN2CCOCC2)C1. The molecule has 1 aliphatic heterocycles. The summed E-state index contributed by atoms with van der Waals surface area (Å²) >= 11 is 0. The van der Waals surface area contributed by atoms with E-state index in [1.165, 1.54) is 0 Å². The lowest BCUT2D eigenvalue weighted by Crippen LogP contribution is -2.54. The molecular formula is C15H29N3O3. The highest BCUT2D eigenvalue weighted by molar-refractivity contribution is 5.68. The van der Waals surface area contributed by atoms with Gasteiger partial charge in [0.2, 0.25) is 0 Å². The normalized spacial score (nSPS) is 27.0. The van der Waals surface area contributed by atoms with E-state index in [9.17, 15) is 4.79 Å². The number of nitrogens with one attached hydrogen (secondary N) is 2. The minimum atomic E-state index is -0.427. The van der Waals surface area contributed by atoms with E-state index in [0.29, 0.717) is 6.04 Å². The van der Waals surface area contributed by atoms with Crippen LogP contribution in [-0.4, -0.2) is 68.1 Å². The number of rotatable bonds is 5. The lowest BCUT2D eigenvalue weighted by Gasteiger charge is -2.37. The van der Waals surface area contributed by atoms with Crippen molar-refractivity contribution in [2.45, 2.75) is 51.3 Å². The van der Waals surface area contributed by atoms with E-state index in [-0.39, 0.29) is 12.1 Å². The van der Waals surface area contributed by atoms with Crippen LogP contribution in [0, 0.1) is 0 Å². The van der Waals surface area contributed by atoms with Gasteiger partial charge in [-0.15, -0.1) is 0 Å². The third kappa shape index (κ3) is 6.20. The molecule has 0 spiro atoms. The van der Waals surface area contributed by atoms with Gasteiger partial charge in [0.05, 0.1) is 13.2 Å². The van der Waals surface area contributed by atoms with Crippen molar-refractivity contribution < 1.29 is 14.3 Å². The number of carbonyl (C=O) groups is 1. The van der Waals surface area contributed by atoms with Gasteiger partial charge in [-0.05, 0) is 33.6 Å². The van der Waals surface area contributed by atoms with Gasteiger partial charge in [0.1, 0.15) is 5.60 Å². The molecule has 1 saturated carbocycles. The first-order valence-corrected chi connectivity index (χ1v) is 7.95. The summed E-state index contributed by atoms with van der Waals surface area (Å²) in [5, 5.41) is 6.46. The highest BCUT2D eigenvalue weighted by Crippen LogP contribution is 2.20. The standard InChI is InChI=1S/C15H29N3O3/c1-15(2,3)21-14(19)17-13-10-12(11-13)16-4-5-18-6-8-20-9-7-18/h12-13,16H,4-11H2,1-3H3,(H,17,19). The van der Waals surface area contributed by atoms with Crippen LogP contribution in [0.15, 0.2) is 0 Å². The van der Waals surface area contributed by atoms with Crippen molar-refractivity contribution in [2.24, 2.45) is 0 Å². The first-order valence-electron chi connectivity index (χ1n) is 7.95. The maximum atomic E-state index is 11.6. The number of ether oxygens (including phenoxy) is 2. The zero-order valence-electron chi connectivity index (χ0n) is 13.5. The molecule has 2 aliphatic rings. The first-order chi connectivity index (χ1) is 9.92. The van der Waals surface area contributed by atoms with Crippen molar-refractivity contribution >= 4 is 6.09 Å². The maximum Gasteiger partial charge on any atom is 0.407 e. The monoisotopic (exact) mass is 299 g/mol. The number of carbonyl (C=O) groups excluding carboxylic acids is 1. The Labute approximate surface area is 127 Å². The average molecular weight is 299 g/mol. The fourth-order valence-electron chi connectivity index (χ4n) is 2.63. The second-order valence-corrected chi connectivity index (χ2v) is 6.92. The van der Waals surface area contributed by atoms with E-state index in [0.717, 1.165) is 52.2 Å². The molecule has 0 atom stereocenters. The fraction of sp³-hybridized carbons (Fsp3) is 0.933. The smallest absolute Gasteiger partial charge is 0.407 e. The molecule has 0 aromatic rings. The molecule has 2 rings (SSSR count). The van der Waals surface area contributed by atoms with Crippen LogP contribution in [0.3, 0.4) is 0 Å². The second kappa shape index (κ2) is 7.42. The van der Waals surface area contributed by atoms with E-state index >= 15 is 0 Å². The Hall–Kier alpha value is -0.850. The molecule has 0 radical (unpaired) electrons. The lowest BCUT2D eigenvalue weighted by atomic mass is 9.87. The van der Waals surface area contributed by atoms with Gasteiger partial charge < -0.3 is 20.1 Å². The van der Waals surface area contributed by atoms with Crippen LogP contribution < -0.4 is 10.6 Å². The van der Waals surface area contributed by atoms with E-state index in [2.05, 4.69) is 15.5 Å². The van der Waals surface area contributed by atoms with Gasteiger partial charge in [0, 0.05) is 38.3 Å². The minimum absolute atomic E-state index is 0.251. The van der Waals surface area contributed by atoms with E-state index in [4.69, 9.17) is 9.47 Å². The van der Waals surface area contributed by atoms with Gasteiger partial charge in [0.25, 0.3) is 0 Å². The number of nitrogens with zero attached hydrogens (tertiary/aromatic N) is 1. The maximum absolute atomic E-state index is 11.6. The molecule has 1 heterocycles. The summed E-state index contributed by atoms with van der Waals surface area (Å²) in [5.74, 6) is 0. The van der Waals surface area contributed by atoms with Crippen LogP contribution in [0.2, 0.25) is 0 Å². The molecule has 2 fully saturated rings. The Morgan fingerprint density at radius 2 is 1.90 bits per heavy atom. The summed E-state index contributed by atoms with van der Waals surface area (Å²) in [5.41, 5.74) is -0.427. The predicted molar refractivity (Wildman–Crippen MR) is 81.4 cm³/mol. The van der Waals surface area contributed by atoms with Crippen LogP contribution in [0.25, 0.3) is 0 Å². The molecule has 122 valence electrons. The van der Waals surface area contributed by atoms with Crippen LogP contribution in [-0.2, 0) is 9.47 Å². The van der Waals surface area contributed by atoms with E-state index < -0.39 is 5.60 Å². The van der Waals surface area contributed by atoms with Crippen molar-refractivity contribution in [1.29, 1.82) is 0 Å². The summed E-state index contributed by atoms with van der Waals surface area (Å²) in [7, 11) is 0. The molecule has 21 heavy (non-hydrogen) atoms. The van der Waals surface area contributed by atoms with Crippen LogP contribution in [0.4, 0.5) is 4.79 Å². The van der Waals surface area contributed by atoms with Gasteiger partial charge in [-0.1, -0.05) is 0 Å². The van der Waals surface area contributed by atoms with Gasteiger partial charge in [-0.25, -0.2) is 4.79 Å². The number of alkyl carbamates (subject to hydrolysis) is 1. The molecule has 0 aromatic carbocycles. The van der Waals surface area contributed by atoms with Gasteiger partial charge >= 0.3 is 6.09 Å². The Balaban J connectivity index is 1.50. The van der Waals surface area contributed by atoms with Crippen molar-refractivity contribution in [3.63, 3.8) is 0 Å². The van der Waals surface area contributed by atoms with Crippen LogP contribution in [0.5, 0.6) is 0 Å². The summed E-state index contributed by atoms with van der Waals surface area (Å²) in [6, 6.07) is 0.770. The second-order valence-electron chi connectivity index (χ2n) is 6.92. The van der Waals surface area contributed by atoms with Gasteiger partial charge in [-0.3, -0.25) is 4.90 Å². The Bertz CT molecular complexity index is 332. The highest BCUT2D eigenvalue weighted by Gasteiger charge is 2.31. The van der Waals surface area contributed by atoms with E-state index in [1.807, 2.05) is 20.8 Å². The quantitative estimate of drug-likeness (QED) is 0.792. The molecule has 1 amide bonds. The zero-order valence-corrected chi connectivity index (χ0v) is 13.5. The molecule has 6 heteroatoms. The Morgan fingerprint density at radius 1 is 1.24 bits per heavy atom. The molecular weight excluding hydrogens is 270 g/mol. The lowest BCUT2D eigenvalue weighted by molar-refractivity contribution is 0.0370. The summed E-state index contributed by atoms with van der Waals surface area (Å²) in [4.78, 5) is 14.0. The Kier molecular flexibility index (Phi) is 5.84. The third-order valence-electron chi connectivity index (χ3n) is 3.82. The van der Waals surface area contributed by atoms with Crippen LogP contribution >= 0.6 is 0 Å². The van der Waals surface area contributed by atoms with Crippen molar-refractivity contribution in [3.8, 4) is 0 Å². The number of hydrogen-bond acceptors (Lipinski definition) is 5. The summed E-state index contributed by atoms with van der Waals surface area (Å²) in [6.07, 6.45) is 1.67. The molecule has 0 unspecified atom stereocenters. The number of morpholine rings is 1. The third-order valence-corrected chi connectivity index (χ3v) is 3.82. The number of amides is 1. The van der Waals surface area contributed by atoms with Crippen molar-refractivity contribution in [1.82, 2.24) is 15.5 Å². The van der Waals surface area contributed by atoms with Gasteiger partial charge in [0.15, 0.2) is 0 Å². The van der Waals surface area contributed by atoms with Gasteiger partial charge in [-0.2, -0.15) is 0 Å². The largest absolute Gasteiger partial charge is 0.444 e. The predicted octanol–water partition coefficient (Wildman–Crippen LogP) is 0.964. The Morgan fingerprint density at radius 3 is 2.52 bits per heavy atom. The van der Waals surface area contributed by atoms with Crippen molar-refractivity contribution in [2.75, 3.05) is 39.4 Å². The zero-order chi connectivity index (χ0) is 15.3. The molecule has 1 saturated heterocycles. The average Bonchev–Trinajstić information content (AvgIpc) is 2.34. The molecule has 0 bridgehead atoms. The van der Waals surface area contributed by atoms with Crippen molar-refractivity contribution in [3.05, 3.63) is 0 Å². The highest BCUT2D eigenvalue weighted by atomic mass is 16.6. The fourth-order valence-corrected chi connectivity index (χ4v) is 2.63. The first kappa shape index (κ1) is 16.5. The van der Waals surface area contributed by atoms with Crippen LogP contribution in [0.1, 0.15) is 33.6 Å². The topological polar surface area (TPSA) is 62.8 Å². The molecule has 2 N–H and O–H groups in total. The summed E-state index contributed by atoms with van der Waals surface area (Å²) in [6.45, 7) is 11.5.